The van der Waals surface area contributed by atoms with E-state index in [2.05, 4.69) is 26.9 Å². The number of carbonyl (C=O) groups excluding carboxylic acids is 1. The van der Waals surface area contributed by atoms with Crippen LogP contribution in [0.5, 0.6) is 0 Å². The molecule has 0 radical (unpaired) electrons. The number of hydrogen-bond donors (Lipinski definition) is 1. The number of carboxylic acids is 1. The summed E-state index contributed by atoms with van der Waals surface area (Å²) >= 11 is 0. The summed E-state index contributed by atoms with van der Waals surface area (Å²) in [6.07, 6.45) is 2.34. The molecule has 1 amide bonds. The standard InChI is InChI=1S/C22H19N5O3/c1-14-8-10-23-27(14)19-13-18(22(29)30)24-20(25-19)17-5-3-4-15(12-17)6-7-16-9-11-26(2)21(16)28/h3-5,8,10,12-13,16H,9,11H2,1-2H3,(H,29,30). The van der Waals surface area contributed by atoms with Crippen LogP contribution in [0.4, 0.5) is 0 Å². The van der Waals surface area contributed by atoms with Crippen LogP contribution in [-0.2, 0) is 4.79 Å². The van der Waals surface area contributed by atoms with E-state index in [1.54, 1.807) is 47.1 Å². The summed E-state index contributed by atoms with van der Waals surface area (Å²) in [5.41, 5.74) is 2.03. The first kappa shape index (κ1) is 19.3. The largest absolute Gasteiger partial charge is 0.477 e. The van der Waals surface area contributed by atoms with E-state index in [-0.39, 0.29) is 23.3 Å². The lowest BCUT2D eigenvalue weighted by Gasteiger charge is -2.08. The maximum absolute atomic E-state index is 12.0. The highest BCUT2D eigenvalue weighted by Crippen LogP contribution is 2.20. The highest BCUT2D eigenvalue weighted by Gasteiger charge is 2.27. The fourth-order valence-corrected chi connectivity index (χ4v) is 3.25. The number of carboxylic acid groups (broad SMARTS) is 1. The first-order valence-corrected chi connectivity index (χ1v) is 9.43. The van der Waals surface area contributed by atoms with Crippen LogP contribution in [0.15, 0.2) is 42.6 Å². The number of likely N-dealkylation sites (tertiary alicyclic amines) is 1. The minimum atomic E-state index is -1.15. The molecule has 4 rings (SSSR count). The van der Waals surface area contributed by atoms with Crippen LogP contribution < -0.4 is 0 Å². The highest BCUT2D eigenvalue weighted by molar-refractivity contribution is 5.86. The van der Waals surface area contributed by atoms with E-state index in [4.69, 9.17) is 0 Å². The summed E-state index contributed by atoms with van der Waals surface area (Å²) in [4.78, 5) is 34.0. The molecule has 3 aromatic rings. The number of rotatable bonds is 3. The number of amides is 1. The van der Waals surface area contributed by atoms with Crippen molar-refractivity contribution in [2.24, 2.45) is 5.92 Å². The molecule has 1 saturated heterocycles. The molecule has 0 saturated carbocycles. The van der Waals surface area contributed by atoms with E-state index in [9.17, 15) is 14.7 Å². The SMILES string of the molecule is Cc1ccnn1-c1cc(C(=O)O)nc(-c2cccc(C#CC3CCN(C)C3=O)c2)n1. The second-order valence-electron chi connectivity index (χ2n) is 7.08. The Bertz CT molecular complexity index is 1200. The van der Waals surface area contributed by atoms with Crippen LogP contribution in [0, 0.1) is 24.7 Å². The van der Waals surface area contributed by atoms with Crippen molar-refractivity contribution in [3.63, 3.8) is 0 Å². The quantitative estimate of drug-likeness (QED) is 0.675. The molecule has 1 aromatic carbocycles. The molecule has 0 bridgehead atoms. The van der Waals surface area contributed by atoms with E-state index in [0.29, 0.717) is 23.5 Å². The number of aromatic nitrogens is 4. The molecule has 1 unspecified atom stereocenters. The van der Waals surface area contributed by atoms with Crippen molar-refractivity contribution < 1.29 is 14.7 Å². The van der Waals surface area contributed by atoms with E-state index < -0.39 is 5.97 Å². The van der Waals surface area contributed by atoms with Crippen LogP contribution in [0.3, 0.4) is 0 Å². The minimum absolute atomic E-state index is 0.0374. The summed E-state index contributed by atoms with van der Waals surface area (Å²) in [5.74, 6) is 5.32. The number of aromatic carboxylic acids is 1. The number of carbonyl (C=O) groups is 2. The molecule has 0 spiro atoms. The number of hydrogen-bond acceptors (Lipinski definition) is 5. The lowest BCUT2D eigenvalue weighted by Crippen LogP contribution is -2.21. The normalized spacial score (nSPS) is 15.7. The number of benzene rings is 1. The molecule has 150 valence electrons. The lowest BCUT2D eigenvalue weighted by atomic mass is 10.1. The third kappa shape index (κ3) is 3.78. The van der Waals surface area contributed by atoms with Crippen molar-refractivity contribution in [1.82, 2.24) is 24.6 Å². The Kier molecular flexibility index (Phi) is 5.02. The highest BCUT2D eigenvalue weighted by atomic mass is 16.4. The van der Waals surface area contributed by atoms with E-state index in [1.165, 1.54) is 6.07 Å². The molecular weight excluding hydrogens is 382 g/mol. The van der Waals surface area contributed by atoms with Crippen molar-refractivity contribution in [3.05, 3.63) is 59.5 Å². The molecule has 1 N–H and O–H groups in total. The molecule has 1 aliphatic rings. The van der Waals surface area contributed by atoms with Crippen LogP contribution in [-0.4, -0.2) is 55.2 Å². The van der Waals surface area contributed by atoms with Gasteiger partial charge < -0.3 is 10.0 Å². The van der Waals surface area contributed by atoms with Gasteiger partial charge in [0.2, 0.25) is 5.91 Å². The molecule has 0 aliphatic carbocycles. The molecule has 8 heteroatoms. The smallest absolute Gasteiger partial charge is 0.354 e. The van der Waals surface area contributed by atoms with Gasteiger partial charge in [-0.3, -0.25) is 4.79 Å². The van der Waals surface area contributed by atoms with Gasteiger partial charge in [-0.1, -0.05) is 24.0 Å². The molecule has 1 aliphatic heterocycles. The summed E-state index contributed by atoms with van der Waals surface area (Å²) in [5, 5.41) is 13.7. The van der Waals surface area contributed by atoms with Gasteiger partial charge in [0.25, 0.3) is 0 Å². The van der Waals surface area contributed by atoms with Crippen molar-refractivity contribution in [3.8, 4) is 29.0 Å². The van der Waals surface area contributed by atoms with Gasteiger partial charge >= 0.3 is 5.97 Å². The van der Waals surface area contributed by atoms with Gasteiger partial charge in [-0.15, -0.1) is 0 Å². The molecule has 3 heterocycles. The fraction of sp³-hybridized carbons (Fsp3) is 0.227. The van der Waals surface area contributed by atoms with Crippen LogP contribution in [0.2, 0.25) is 0 Å². The Morgan fingerprint density at radius 2 is 2.07 bits per heavy atom. The van der Waals surface area contributed by atoms with Crippen LogP contribution in [0.1, 0.15) is 28.2 Å². The zero-order valence-electron chi connectivity index (χ0n) is 16.5. The van der Waals surface area contributed by atoms with Gasteiger partial charge in [0.05, 0.1) is 0 Å². The second-order valence-corrected chi connectivity index (χ2v) is 7.08. The van der Waals surface area contributed by atoms with Gasteiger partial charge in [0, 0.05) is 42.7 Å². The molecule has 8 nitrogen and oxygen atoms in total. The Hall–Kier alpha value is -3.99. The average Bonchev–Trinajstić information content (AvgIpc) is 3.32. The number of nitrogens with zero attached hydrogens (tertiary/aromatic N) is 5. The van der Waals surface area contributed by atoms with Crippen molar-refractivity contribution in [2.45, 2.75) is 13.3 Å². The summed E-state index contributed by atoms with van der Waals surface area (Å²) < 4.78 is 1.56. The summed E-state index contributed by atoms with van der Waals surface area (Å²) in [6.45, 7) is 2.57. The maximum Gasteiger partial charge on any atom is 0.354 e. The van der Waals surface area contributed by atoms with Crippen LogP contribution in [0.25, 0.3) is 17.2 Å². The Labute approximate surface area is 173 Å². The fourth-order valence-electron chi connectivity index (χ4n) is 3.25. The predicted octanol–water partition coefficient (Wildman–Crippen LogP) is 2.17. The molecule has 1 fully saturated rings. The topological polar surface area (TPSA) is 101 Å². The van der Waals surface area contributed by atoms with E-state index in [0.717, 1.165) is 12.1 Å². The predicted molar refractivity (Wildman–Crippen MR) is 109 cm³/mol. The van der Waals surface area contributed by atoms with E-state index in [1.807, 2.05) is 13.0 Å². The summed E-state index contributed by atoms with van der Waals surface area (Å²) in [6, 6.07) is 10.4. The van der Waals surface area contributed by atoms with Gasteiger partial charge in [0.15, 0.2) is 17.3 Å². The van der Waals surface area contributed by atoms with E-state index >= 15 is 0 Å². The Morgan fingerprint density at radius 3 is 2.73 bits per heavy atom. The monoisotopic (exact) mass is 401 g/mol. The third-order valence-corrected chi connectivity index (χ3v) is 4.92. The average molecular weight is 401 g/mol. The van der Waals surface area contributed by atoms with Gasteiger partial charge in [-0.05, 0) is 31.5 Å². The zero-order chi connectivity index (χ0) is 21.3. The Balaban J connectivity index is 1.72. The van der Waals surface area contributed by atoms with Gasteiger partial charge in [0.1, 0.15) is 5.92 Å². The maximum atomic E-state index is 12.0. The van der Waals surface area contributed by atoms with Gasteiger partial charge in [-0.25, -0.2) is 19.4 Å². The first-order chi connectivity index (χ1) is 14.4. The van der Waals surface area contributed by atoms with Crippen molar-refractivity contribution in [2.75, 3.05) is 13.6 Å². The molecule has 2 aromatic heterocycles. The van der Waals surface area contributed by atoms with Crippen LogP contribution >= 0.6 is 0 Å². The number of aryl methyl sites for hydroxylation is 1. The minimum Gasteiger partial charge on any atom is -0.477 e. The second kappa shape index (κ2) is 7.79. The summed E-state index contributed by atoms with van der Waals surface area (Å²) in [7, 11) is 1.77. The van der Waals surface area contributed by atoms with Crippen molar-refractivity contribution >= 4 is 11.9 Å². The Morgan fingerprint density at radius 1 is 1.23 bits per heavy atom. The molecule has 1 atom stereocenters. The third-order valence-electron chi connectivity index (χ3n) is 4.92. The van der Waals surface area contributed by atoms with Crippen molar-refractivity contribution in [1.29, 1.82) is 0 Å². The molecular formula is C22H19N5O3. The van der Waals surface area contributed by atoms with Gasteiger partial charge in [-0.2, -0.15) is 5.10 Å². The molecule has 30 heavy (non-hydrogen) atoms. The lowest BCUT2D eigenvalue weighted by molar-refractivity contribution is -0.128. The first-order valence-electron chi connectivity index (χ1n) is 9.43. The zero-order valence-corrected chi connectivity index (χ0v) is 16.5.